The van der Waals surface area contributed by atoms with Gasteiger partial charge in [-0.2, -0.15) is 0 Å². The molecule has 0 spiro atoms. The molecule has 70 valence electrons. The molecule has 1 aromatic heterocycles. The van der Waals surface area contributed by atoms with Crippen LogP contribution in [-0.2, 0) is 4.74 Å². The number of halogens is 1. The predicted octanol–water partition coefficient (Wildman–Crippen LogP) is 1.25. The van der Waals surface area contributed by atoms with Gasteiger partial charge in [-0.25, -0.2) is 0 Å². The molecule has 0 amide bonds. The van der Waals surface area contributed by atoms with Crippen LogP contribution < -0.4 is 4.74 Å². The van der Waals surface area contributed by atoms with Gasteiger partial charge in [-0.3, -0.25) is 0 Å². The summed E-state index contributed by atoms with van der Waals surface area (Å²) in [6.07, 6.45) is 1.09. The first kappa shape index (κ1) is 9.14. The molecular formula is C8H9IN2O2. The van der Waals surface area contributed by atoms with E-state index in [1.165, 1.54) is 0 Å². The van der Waals surface area contributed by atoms with Crippen LogP contribution in [0, 0.1) is 3.70 Å². The minimum absolute atomic E-state index is 0.148. The summed E-state index contributed by atoms with van der Waals surface area (Å²) in [4.78, 5) is 0. The molecule has 1 aromatic rings. The second-order valence-corrected chi connectivity index (χ2v) is 3.90. The smallest absolute Gasteiger partial charge is 0.233 e. The highest BCUT2D eigenvalue weighted by Crippen LogP contribution is 2.13. The van der Waals surface area contributed by atoms with Crippen molar-refractivity contribution in [2.24, 2.45) is 0 Å². The number of nitrogens with zero attached hydrogens (tertiary/aromatic N) is 2. The van der Waals surface area contributed by atoms with Gasteiger partial charge < -0.3 is 9.47 Å². The normalized spacial score (nSPS) is 21.8. The Morgan fingerprint density at radius 3 is 3.00 bits per heavy atom. The fourth-order valence-corrected chi connectivity index (χ4v) is 1.43. The highest BCUT2D eigenvalue weighted by atomic mass is 127. The molecule has 2 heterocycles. The highest BCUT2D eigenvalue weighted by Gasteiger charge is 2.17. The van der Waals surface area contributed by atoms with Crippen LogP contribution in [0.4, 0.5) is 0 Å². The lowest BCUT2D eigenvalue weighted by atomic mass is 10.3. The average molecular weight is 292 g/mol. The Kier molecular flexibility index (Phi) is 2.94. The zero-order valence-corrected chi connectivity index (χ0v) is 9.10. The van der Waals surface area contributed by atoms with Crippen molar-refractivity contribution in [1.82, 2.24) is 10.2 Å². The molecule has 2 rings (SSSR count). The molecule has 0 saturated carbocycles. The molecular weight excluding hydrogens is 283 g/mol. The molecule has 1 aliphatic rings. The summed E-state index contributed by atoms with van der Waals surface area (Å²) < 4.78 is 11.6. The predicted molar refractivity (Wildman–Crippen MR) is 54.6 cm³/mol. The first-order valence-corrected chi connectivity index (χ1v) is 5.16. The molecule has 1 atom stereocenters. The standard InChI is InChI=1S/C8H9IN2O2/c9-7-1-2-8(11-10-7)13-6-3-4-12-5-6/h1-2,6H,3-5H2/t6-/m1/s1. The first-order valence-electron chi connectivity index (χ1n) is 4.08. The maximum atomic E-state index is 5.53. The van der Waals surface area contributed by atoms with E-state index in [1.807, 2.05) is 12.1 Å². The van der Waals surface area contributed by atoms with Gasteiger partial charge in [0.15, 0.2) is 0 Å². The summed E-state index contributed by atoms with van der Waals surface area (Å²) in [6.45, 7) is 1.44. The molecule has 1 saturated heterocycles. The highest BCUT2D eigenvalue weighted by molar-refractivity contribution is 14.1. The molecule has 13 heavy (non-hydrogen) atoms. The molecule has 4 nitrogen and oxygen atoms in total. The minimum Gasteiger partial charge on any atom is -0.471 e. The number of rotatable bonds is 2. The lowest BCUT2D eigenvalue weighted by molar-refractivity contribution is 0.137. The number of ether oxygens (including phenoxy) is 2. The molecule has 0 bridgehead atoms. The van der Waals surface area contributed by atoms with E-state index in [0.717, 1.165) is 16.7 Å². The second kappa shape index (κ2) is 4.19. The van der Waals surface area contributed by atoms with Gasteiger partial charge in [-0.15, -0.1) is 10.2 Å². The topological polar surface area (TPSA) is 44.2 Å². The summed E-state index contributed by atoms with van der Waals surface area (Å²) in [5, 5.41) is 7.80. The van der Waals surface area contributed by atoms with Crippen LogP contribution in [0.25, 0.3) is 0 Å². The van der Waals surface area contributed by atoms with Crippen molar-refractivity contribution in [3.8, 4) is 5.88 Å². The molecule has 5 heteroatoms. The van der Waals surface area contributed by atoms with E-state index >= 15 is 0 Å². The average Bonchev–Trinajstić information content (AvgIpc) is 2.62. The van der Waals surface area contributed by atoms with Crippen molar-refractivity contribution >= 4 is 22.6 Å². The Hall–Kier alpha value is -0.430. The Balaban J connectivity index is 1.97. The van der Waals surface area contributed by atoms with E-state index in [1.54, 1.807) is 0 Å². The zero-order valence-electron chi connectivity index (χ0n) is 6.94. The fourth-order valence-electron chi connectivity index (χ4n) is 1.14. The van der Waals surface area contributed by atoms with E-state index in [4.69, 9.17) is 9.47 Å². The molecule has 0 N–H and O–H groups in total. The monoisotopic (exact) mass is 292 g/mol. The minimum atomic E-state index is 0.148. The van der Waals surface area contributed by atoms with E-state index in [0.29, 0.717) is 12.5 Å². The third kappa shape index (κ3) is 2.50. The molecule has 0 unspecified atom stereocenters. The van der Waals surface area contributed by atoms with Crippen LogP contribution in [0.15, 0.2) is 12.1 Å². The molecule has 0 aliphatic carbocycles. The molecule has 0 aromatic carbocycles. The number of hydrogen-bond acceptors (Lipinski definition) is 4. The SMILES string of the molecule is Ic1ccc(O[C@@H]2CCOC2)nn1. The molecule has 1 aliphatic heterocycles. The Bertz CT molecular complexity index is 272. The third-order valence-corrected chi connectivity index (χ3v) is 2.36. The summed E-state index contributed by atoms with van der Waals surface area (Å²) in [7, 11) is 0. The third-order valence-electron chi connectivity index (χ3n) is 1.78. The Labute approximate surface area is 89.8 Å². The van der Waals surface area contributed by atoms with E-state index < -0.39 is 0 Å². The first-order chi connectivity index (χ1) is 6.34. The Morgan fingerprint density at radius 2 is 2.38 bits per heavy atom. The van der Waals surface area contributed by atoms with Gasteiger partial charge in [-0.1, -0.05) is 0 Å². The van der Waals surface area contributed by atoms with Crippen LogP contribution in [0.2, 0.25) is 0 Å². The molecule has 1 fully saturated rings. The lowest BCUT2D eigenvalue weighted by Gasteiger charge is -2.09. The van der Waals surface area contributed by atoms with E-state index in [9.17, 15) is 0 Å². The number of aromatic nitrogens is 2. The summed E-state index contributed by atoms with van der Waals surface area (Å²) in [5.41, 5.74) is 0. The summed E-state index contributed by atoms with van der Waals surface area (Å²) in [5.74, 6) is 0.580. The Morgan fingerprint density at radius 1 is 1.46 bits per heavy atom. The van der Waals surface area contributed by atoms with Crippen LogP contribution in [0.3, 0.4) is 0 Å². The van der Waals surface area contributed by atoms with Crippen molar-refractivity contribution in [1.29, 1.82) is 0 Å². The molecule has 0 radical (unpaired) electrons. The fraction of sp³-hybridized carbons (Fsp3) is 0.500. The van der Waals surface area contributed by atoms with Gasteiger partial charge in [0.05, 0.1) is 13.2 Å². The maximum Gasteiger partial charge on any atom is 0.233 e. The van der Waals surface area contributed by atoms with Crippen molar-refractivity contribution in [3.05, 3.63) is 15.8 Å². The quantitative estimate of drug-likeness (QED) is 0.770. The van der Waals surface area contributed by atoms with Crippen LogP contribution in [0.1, 0.15) is 6.42 Å². The van der Waals surface area contributed by atoms with Crippen molar-refractivity contribution in [2.45, 2.75) is 12.5 Å². The van der Waals surface area contributed by atoms with Gasteiger partial charge in [0.2, 0.25) is 5.88 Å². The van der Waals surface area contributed by atoms with Crippen molar-refractivity contribution < 1.29 is 9.47 Å². The van der Waals surface area contributed by atoms with Gasteiger partial charge in [0.25, 0.3) is 0 Å². The summed E-state index contributed by atoms with van der Waals surface area (Å²) in [6, 6.07) is 3.70. The van der Waals surface area contributed by atoms with Crippen molar-refractivity contribution in [2.75, 3.05) is 13.2 Å². The van der Waals surface area contributed by atoms with E-state index in [-0.39, 0.29) is 6.10 Å². The van der Waals surface area contributed by atoms with Gasteiger partial charge in [0.1, 0.15) is 9.80 Å². The second-order valence-electron chi connectivity index (χ2n) is 2.80. The lowest BCUT2D eigenvalue weighted by Crippen LogP contribution is -2.16. The van der Waals surface area contributed by atoms with Gasteiger partial charge in [0, 0.05) is 12.5 Å². The summed E-state index contributed by atoms with van der Waals surface area (Å²) >= 11 is 2.11. The van der Waals surface area contributed by atoms with E-state index in [2.05, 4.69) is 32.8 Å². The van der Waals surface area contributed by atoms with Crippen LogP contribution in [0.5, 0.6) is 5.88 Å². The van der Waals surface area contributed by atoms with Gasteiger partial charge in [-0.05, 0) is 28.7 Å². The maximum absolute atomic E-state index is 5.53. The van der Waals surface area contributed by atoms with Crippen LogP contribution in [-0.4, -0.2) is 29.5 Å². The zero-order chi connectivity index (χ0) is 9.10. The van der Waals surface area contributed by atoms with Crippen LogP contribution >= 0.6 is 22.6 Å². The van der Waals surface area contributed by atoms with Gasteiger partial charge >= 0.3 is 0 Å². The van der Waals surface area contributed by atoms with Crippen molar-refractivity contribution in [3.63, 3.8) is 0 Å². The number of hydrogen-bond donors (Lipinski definition) is 0. The largest absolute Gasteiger partial charge is 0.471 e.